The summed E-state index contributed by atoms with van der Waals surface area (Å²) in [5.41, 5.74) is 0.683. The molecular weight excluding hydrogens is 285 g/mol. The van der Waals surface area contributed by atoms with Crippen molar-refractivity contribution in [3.8, 4) is 0 Å². The third kappa shape index (κ3) is 3.31. The van der Waals surface area contributed by atoms with Crippen molar-refractivity contribution in [1.82, 2.24) is 4.90 Å². The Hall–Kier alpha value is -1.46. The molecule has 4 nitrogen and oxygen atoms in total. The lowest BCUT2D eigenvalue weighted by Crippen LogP contribution is -2.54. The molecule has 1 aromatic carbocycles. The van der Waals surface area contributed by atoms with Crippen molar-refractivity contribution < 1.29 is 19.0 Å². The molecule has 0 aromatic heterocycles. The van der Waals surface area contributed by atoms with E-state index in [4.69, 9.17) is 4.74 Å². The number of morpholine rings is 1. The Morgan fingerprint density at radius 1 is 1.41 bits per heavy atom. The number of carbonyl (C=O) groups is 1. The molecule has 1 amide bonds. The molecule has 0 unspecified atom stereocenters. The zero-order valence-electron chi connectivity index (χ0n) is 12.6. The maximum atomic E-state index is 13.3. The van der Waals surface area contributed by atoms with Crippen LogP contribution in [0.15, 0.2) is 24.3 Å². The van der Waals surface area contributed by atoms with E-state index in [0.29, 0.717) is 25.3 Å². The molecule has 0 bridgehead atoms. The topological polar surface area (TPSA) is 49.8 Å². The molecule has 1 aliphatic carbocycles. The van der Waals surface area contributed by atoms with Crippen molar-refractivity contribution in [2.45, 2.75) is 37.8 Å². The van der Waals surface area contributed by atoms with Crippen molar-refractivity contribution in [2.24, 2.45) is 5.92 Å². The summed E-state index contributed by atoms with van der Waals surface area (Å²) in [6.07, 6.45) is 2.56. The molecule has 2 aliphatic rings. The fourth-order valence-electron chi connectivity index (χ4n) is 3.63. The average Bonchev–Trinajstić information content (AvgIpc) is 2.93. The first kappa shape index (κ1) is 15.4. The van der Waals surface area contributed by atoms with Gasteiger partial charge in [0.15, 0.2) is 0 Å². The molecule has 22 heavy (non-hydrogen) atoms. The number of amides is 1. The second-order valence-electron chi connectivity index (χ2n) is 6.20. The van der Waals surface area contributed by atoms with Gasteiger partial charge in [0.05, 0.1) is 31.8 Å². The van der Waals surface area contributed by atoms with Gasteiger partial charge in [0.2, 0.25) is 5.91 Å². The summed E-state index contributed by atoms with van der Waals surface area (Å²) in [4.78, 5) is 14.4. The summed E-state index contributed by atoms with van der Waals surface area (Å²) in [5, 5.41) is 10.1. The summed E-state index contributed by atoms with van der Waals surface area (Å²) in [7, 11) is 0. The predicted octanol–water partition coefficient (Wildman–Crippen LogP) is 1.76. The Morgan fingerprint density at radius 3 is 3.00 bits per heavy atom. The third-order valence-corrected chi connectivity index (χ3v) is 4.76. The quantitative estimate of drug-likeness (QED) is 0.926. The van der Waals surface area contributed by atoms with Crippen molar-refractivity contribution >= 4 is 5.91 Å². The molecule has 1 heterocycles. The Morgan fingerprint density at radius 2 is 2.27 bits per heavy atom. The van der Waals surface area contributed by atoms with Gasteiger partial charge in [-0.3, -0.25) is 4.79 Å². The van der Waals surface area contributed by atoms with E-state index in [-0.39, 0.29) is 36.2 Å². The number of aliphatic hydroxyl groups excluding tert-OH is 1. The molecule has 0 radical (unpaired) electrons. The molecule has 3 atom stereocenters. The molecule has 1 saturated carbocycles. The minimum Gasteiger partial charge on any atom is -0.393 e. The van der Waals surface area contributed by atoms with Crippen LogP contribution < -0.4 is 0 Å². The van der Waals surface area contributed by atoms with Crippen LogP contribution in [0.25, 0.3) is 0 Å². The first-order chi connectivity index (χ1) is 10.6. The molecule has 0 spiro atoms. The van der Waals surface area contributed by atoms with Crippen LogP contribution in [0, 0.1) is 11.7 Å². The third-order valence-electron chi connectivity index (χ3n) is 4.76. The average molecular weight is 307 g/mol. The van der Waals surface area contributed by atoms with E-state index in [0.717, 1.165) is 19.3 Å². The number of nitrogens with zero attached hydrogens (tertiary/aromatic N) is 1. The molecule has 1 saturated heterocycles. The minimum absolute atomic E-state index is 0.0157. The van der Waals surface area contributed by atoms with Gasteiger partial charge < -0.3 is 14.7 Å². The summed E-state index contributed by atoms with van der Waals surface area (Å²) in [6.45, 7) is 1.55. The molecule has 2 fully saturated rings. The highest BCUT2D eigenvalue weighted by molar-refractivity contribution is 5.79. The van der Waals surface area contributed by atoms with Crippen LogP contribution in [0.3, 0.4) is 0 Å². The van der Waals surface area contributed by atoms with Gasteiger partial charge in [-0.05, 0) is 30.5 Å². The van der Waals surface area contributed by atoms with E-state index in [1.54, 1.807) is 12.1 Å². The Balaban J connectivity index is 1.71. The van der Waals surface area contributed by atoms with E-state index in [1.807, 2.05) is 4.90 Å². The highest BCUT2D eigenvalue weighted by Crippen LogP contribution is 2.32. The van der Waals surface area contributed by atoms with Gasteiger partial charge in [0.25, 0.3) is 0 Å². The van der Waals surface area contributed by atoms with Crippen LogP contribution in [0.5, 0.6) is 0 Å². The number of benzene rings is 1. The second-order valence-corrected chi connectivity index (χ2v) is 6.20. The van der Waals surface area contributed by atoms with E-state index in [9.17, 15) is 14.3 Å². The lowest BCUT2D eigenvalue weighted by molar-refractivity contribution is -0.143. The van der Waals surface area contributed by atoms with Gasteiger partial charge in [-0.2, -0.15) is 0 Å². The Kier molecular flexibility index (Phi) is 4.74. The van der Waals surface area contributed by atoms with Crippen molar-refractivity contribution in [3.63, 3.8) is 0 Å². The highest BCUT2D eigenvalue weighted by atomic mass is 19.1. The molecule has 1 aliphatic heterocycles. The summed E-state index contributed by atoms with van der Waals surface area (Å²) in [5.74, 6) is -0.246. The predicted molar refractivity (Wildman–Crippen MR) is 79.8 cm³/mol. The van der Waals surface area contributed by atoms with Gasteiger partial charge in [0, 0.05) is 12.5 Å². The first-order valence-corrected chi connectivity index (χ1v) is 7.95. The van der Waals surface area contributed by atoms with E-state index in [1.165, 1.54) is 12.1 Å². The van der Waals surface area contributed by atoms with Crippen LogP contribution >= 0.6 is 0 Å². The van der Waals surface area contributed by atoms with Crippen molar-refractivity contribution in [3.05, 3.63) is 35.6 Å². The standard InChI is InChI=1S/C17H22FNO3/c18-13-4-1-3-12(9-13)10-17(21)19-7-8-22-11-15(19)14-5-2-6-16(14)20/h1,3-4,9,14-16,20H,2,5-8,10-11H2/t14-,15-,16-/m1/s1. The second kappa shape index (κ2) is 6.75. The summed E-state index contributed by atoms with van der Waals surface area (Å²) in [6, 6.07) is 6.10. The normalized spacial score (nSPS) is 28.8. The van der Waals surface area contributed by atoms with Crippen LogP contribution in [0.4, 0.5) is 4.39 Å². The van der Waals surface area contributed by atoms with Gasteiger partial charge in [-0.25, -0.2) is 4.39 Å². The highest BCUT2D eigenvalue weighted by Gasteiger charge is 2.39. The van der Waals surface area contributed by atoms with Gasteiger partial charge in [0.1, 0.15) is 5.82 Å². The molecule has 5 heteroatoms. The number of aliphatic hydroxyl groups is 1. The molecule has 120 valence electrons. The van der Waals surface area contributed by atoms with Crippen molar-refractivity contribution in [2.75, 3.05) is 19.8 Å². The fourth-order valence-corrected chi connectivity index (χ4v) is 3.63. The molecular formula is C17H22FNO3. The number of hydrogen-bond donors (Lipinski definition) is 1. The van der Waals surface area contributed by atoms with Crippen molar-refractivity contribution in [1.29, 1.82) is 0 Å². The van der Waals surface area contributed by atoms with E-state index in [2.05, 4.69) is 0 Å². The van der Waals surface area contributed by atoms with Crippen LogP contribution in [-0.2, 0) is 16.0 Å². The van der Waals surface area contributed by atoms with Crippen LogP contribution in [0.1, 0.15) is 24.8 Å². The largest absolute Gasteiger partial charge is 0.393 e. The maximum Gasteiger partial charge on any atom is 0.227 e. The molecule has 1 N–H and O–H groups in total. The van der Waals surface area contributed by atoms with Gasteiger partial charge in [-0.1, -0.05) is 18.6 Å². The smallest absolute Gasteiger partial charge is 0.227 e. The number of halogens is 1. The van der Waals surface area contributed by atoms with E-state index < -0.39 is 0 Å². The maximum absolute atomic E-state index is 13.3. The summed E-state index contributed by atoms with van der Waals surface area (Å²) < 4.78 is 18.8. The van der Waals surface area contributed by atoms with E-state index >= 15 is 0 Å². The minimum atomic E-state index is -0.351. The summed E-state index contributed by atoms with van der Waals surface area (Å²) >= 11 is 0. The monoisotopic (exact) mass is 307 g/mol. The molecule has 3 rings (SSSR count). The van der Waals surface area contributed by atoms with Crippen LogP contribution in [-0.4, -0.2) is 47.8 Å². The first-order valence-electron chi connectivity index (χ1n) is 7.95. The Labute approximate surface area is 129 Å². The number of hydrogen-bond acceptors (Lipinski definition) is 3. The lowest BCUT2D eigenvalue weighted by Gasteiger charge is -2.40. The zero-order valence-corrected chi connectivity index (χ0v) is 12.6. The SMILES string of the molecule is O=C(Cc1cccc(F)c1)N1CCOC[C@@H]1[C@H]1CCC[C@H]1O. The van der Waals surface area contributed by atoms with Gasteiger partial charge in [-0.15, -0.1) is 0 Å². The fraction of sp³-hybridized carbons (Fsp3) is 0.588. The molecule has 1 aromatic rings. The Bertz CT molecular complexity index is 536. The lowest BCUT2D eigenvalue weighted by atomic mass is 9.93. The number of ether oxygens (including phenoxy) is 1. The number of rotatable bonds is 3. The number of carbonyl (C=O) groups excluding carboxylic acids is 1. The van der Waals surface area contributed by atoms with Gasteiger partial charge >= 0.3 is 0 Å². The zero-order chi connectivity index (χ0) is 15.5. The van der Waals surface area contributed by atoms with Crippen LogP contribution in [0.2, 0.25) is 0 Å².